The van der Waals surface area contributed by atoms with Crippen LogP contribution in [-0.4, -0.2) is 60.3 Å². The van der Waals surface area contributed by atoms with Crippen LogP contribution in [0.2, 0.25) is 5.02 Å². The zero-order valence-corrected chi connectivity index (χ0v) is 24.8. The number of piperazine rings is 1. The van der Waals surface area contributed by atoms with Gasteiger partial charge in [0.1, 0.15) is 5.75 Å². The van der Waals surface area contributed by atoms with Crippen molar-refractivity contribution in [2.45, 2.75) is 51.2 Å². The van der Waals surface area contributed by atoms with Crippen LogP contribution in [0.3, 0.4) is 0 Å². The Morgan fingerprint density at radius 1 is 0.975 bits per heavy atom. The highest BCUT2D eigenvalue weighted by Crippen LogP contribution is 2.29. The molecule has 9 nitrogen and oxygen atoms in total. The van der Waals surface area contributed by atoms with Crippen molar-refractivity contribution in [2.75, 3.05) is 31.1 Å². The fraction of sp³-hybridized carbons (Fsp3) is 0.379. The van der Waals surface area contributed by atoms with Gasteiger partial charge in [0.15, 0.2) is 5.82 Å². The summed E-state index contributed by atoms with van der Waals surface area (Å²) < 4.78 is 37.2. The molecule has 0 bridgehead atoms. The number of nitrogens with one attached hydrogen (secondary N) is 1. The molecular formula is C29H35ClN6O3S. The van der Waals surface area contributed by atoms with Crippen LogP contribution in [0.5, 0.6) is 11.8 Å². The number of hydrogen-bond donors (Lipinski definition) is 1. The van der Waals surface area contributed by atoms with E-state index in [0.717, 1.165) is 37.3 Å². The number of nitrogens with zero attached hydrogens (tertiary/aromatic N) is 5. The van der Waals surface area contributed by atoms with E-state index in [4.69, 9.17) is 16.3 Å². The van der Waals surface area contributed by atoms with Gasteiger partial charge in [0.2, 0.25) is 10.0 Å². The third kappa shape index (κ3) is 5.95. The van der Waals surface area contributed by atoms with Crippen LogP contribution in [0, 0.1) is 0 Å². The molecule has 1 aromatic heterocycles. The first-order valence-electron chi connectivity index (χ1n) is 13.6. The van der Waals surface area contributed by atoms with Crippen LogP contribution >= 0.6 is 11.6 Å². The molecule has 0 spiro atoms. The second-order valence-corrected chi connectivity index (χ2v) is 12.4. The van der Waals surface area contributed by atoms with Gasteiger partial charge in [0.25, 0.3) is 0 Å². The fourth-order valence-electron chi connectivity index (χ4n) is 5.07. The maximum atomic E-state index is 13.3. The molecular weight excluding hydrogens is 548 g/mol. The van der Waals surface area contributed by atoms with Gasteiger partial charge in [-0.15, -0.1) is 5.10 Å². The summed E-state index contributed by atoms with van der Waals surface area (Å²) in [6.07, 6.45) is 0. The maximum absolute atomic E-state index is 13.3. The molecule has 11 heteroatoms. The molecule has 0 unspecified atom stereocenters. The number of anilines is 1. The van der Waals surface area contributed by atoms with E-state index in [1.54, 1.807) is 35.8 Å². The Bertz CT molecular complexity index is 1600. The van der Waals surface area contributed by atoms with Gasteiger partial charge in [-0.1, -0.05) is 41.0 Å². The summed E-state index contributed by atoms with van der Waals surface area (Å²) in [4.78, 5) is 4.97. The summed E-state index contributed by atoms with van der Waals surface area (Å²) in [6, 6.07) is 18.5. The number of aromatic nitrogens is 3. The largest absolute Gasteiger partial charge is 0.424 e. The lowest BCUT2D eigenvalue weighted by Crippen LogP contribution is -2.48. The Morgan fingerprint density at radius 2 is 1.73 bits per heavy atom. The second-order valence-electron chi connectivity index (χ2n) is 10.3. The van der Waals surface area contributed by atoms with E-state index in [9.17, 15) is 8.42 Å². The van der Waals surface area contributed by atoms with Crippen LogP contribution in [0.4, 0.5) is 5.69 Å². The van der Waals surface area contributed by atoms with Crippen molar-refractivity contribution >= 4 is 38.1 Å². The molecule has 3 aromatic carbocycles. The predicted octanol–water partition coefficient (Wildman–Crippen LogP) is 5.47. The summed E-state index contributed by atoms with van der Waals surface area (Å²) in [5, 5.41) is 10.6. The summed E-state index contributed by atoms with van der Waals surface area (Å²) >= 11 is 6.31. The quantitative estimate of drug-likeness (QED) is 0.280. The molecule has 1 N–H and O–H groups in total. The molecule has 0 amide bonds. The number of rotatable bonds is 9. The Labute approximate surface area is 240 Å². The number of ether oxygens (including phenoxy) is 1. The maximum Gasteiger partial charge on any atom is 0.322 e. The molecule has 0 aliphatic carbocycles. The molecule has 1 aliphatic heterocycles. The minimum atomic E-state index is -3.86. The van der Waals surface area contributed by atoms with Gasteiger partial charge in [-0.05, 0) is 63.4 Å². The molecule has 212 valence electrons. The average molecular weight is 583 g/mol. The zero-order chi connectivity index (χ0) is 28.4. The lowest BCUT2D eigenvalue weighted by molar-refractivity contribution is 0.209. The molecule has 0 radical (unpaired) electrons. The smallest absolute Gasteiger partial charge is 0.322 e. The van der Waals surface area contributed by atoms with E-state index in [-0.39, 0.29) is 4.90 Å². The number of fused-ring (bicyclic) bond motifs is 1. The SMILES string of the molecule is CCn1c(Oc2cccc(N3CCN(C(C)C)CC3)c2)nnc1[C@@H](C)NS(=O)(=O)c1ccc2cccc(Cl)c2c1. The molecule has 40 heavy (non-hydrogen) atoms. The van der Waals surface area contributed by atoms with E-state index in [2.05, 4.69) is 44.6 Å². The monoisotopic (exact) mass is 582 g/mol. The first kappa shape index (κ1) is 28.4. The third-order valence-electron chi connectivity index (χ3n) is 7.33. The minimum absolute atomic E-state index is 0.130. The van der Waals surface area contributed by atoms with Crippen LogP contribution in [0.15, 0.2) is 65.6 Å². The Hall–Kier alpha value is -3.18. The van der Waals surface area contributed by atoms with Gasteiger partial charge in [-0.2, -0.15) is 0 Å². The zero-order valence-electron chi connectivity index (χ0n) is 23.2. The van der Waals surface area contributed by atoms with Crippen LogP contribution < -0.4 is 14.4 Å². The van der Waals surface area contributed by atoms with Gasteiger partial charge >= 0.3 is 6.01 Å². The third-order valence-corrected chi connectivity index (χ3v) is 9.20. The first-order valence-corrected chi connectivity index (χ1v) is 15.4. The summed E-state index contributed by atoms with van der Waals surface area (Å²) in [5.74, 6) is 1.11. The highest BCUT2D eigenvalue weighted by Gasteiger charge is 2.25. The highest BCUT2D eigenvalue weighted by atomic mass is 35.5. The number of sulfonamides is 1. The van der Waals surface area contributed by atoms with Gasteiger partial charge in [0.05, 0.1) is 10.9 Å². The van der Waals surface area contributed by atoms with Crippen molar-refractivity contribution in [2.24, 2.45) is 0 Å². The van der Waals surface area contributed by atoms with Crippen LogP contribution in [-0.2, 0) is 16.6 Å². The Kier molecular flexibility index (Phi) is 8.32. The average Bonchev–Trinajstić information content (AvgIpc) is 3.35. The highest BCUT2D eigenvalue weighted by molar-refractivity contribution is 7.89. The number of halogens is 1. The molecule has 0 saturated carbocycles. The molecule has 5 rings (SSSR count). The molecule has 2 heterocycles. The Balaban J connectivity index is 1.31. The van der Waals surface area contributed by atoms with Crippen molar-refractivity contribution in [3.05, 3.63) is 71.5 Å². The topological polar surface area (TPSA) is 92.6 Å². The lowest BCUT2D eigenvalue weighted by atomic mass is 10.1. The fourth-order valence-corrected chi connectivity index (χ4v) is 6.54. The lowest BCUT2D eigenvalue weighted by Gasteiger charge is -2.38. The van der Waals surface area contributed by atoms with Crippen molar-refractivity contribution in [3.8, 4) is 11.8 Å². The first-order chi connectivity index (χ1) is 19.2. The van der Waals surface area contributed by atoms with E-state index in [0.29, 0.717) is 40.6 Å². The van der Waals surface area contributed by atoms with Crippen molar-refractivity contribution in [1.82, 2.24) is 24.4 Å². The van der Waals surface area contributed by atoms with Gasteiger partial charge < -0.3 is 9.64 Å². The second kappa shape index (κ2) is 11.7. The number of hydrogen-bond acceptors (Lipinski definition) is 7. The molecule has 4 aromatic rings. The van der Waals surface area contributed by atoms with Crippen molar-refractivity contribution in [1.29, 1.82) is 0 Å². The molecule has 1 aliphatic rings. The molecule has 1 fully saturated rings. The molecule has 1 atom stereocenters. The summed E-state index contributed by atoms with van der Waals surface area (Å²) in [5.41, 5.74) is 1.10. The van der Waals surface area contributed by atoms with Gasteiger partial charge in [0, 0.05) is 60.9 Å². The van der Waals surface area contributed by atoms with E-state index >= 15 is 0 Å². The van der Waals surface area contributed by atoms with E-state index in [1.165, 1.54) is 0 Å². The standard InChI is InChI=1S/C29H35ClN6O3S/c1-5-36-28(21(4)33-40(37,38)25-13-12-22-8-6-11-27(30)26(22)19-25)31-32-29(36)39-24-10-7-9-23(18-24)35-16-14-34(15-17-35)20(2)3/h6-13,18-21,33H,5,14-17H2,1-4H3/t21-/m1/s1. The van der Waals surface area contributed by atoms with Gasteiger partial charge in [-0.3, -0.25) is 9.47 Å². The van der Waals surface area contributed by atoms with Gasteiger partial charge in [-0.25, -0.2) is 13.1 Å². The minimum Gasteiger partial charge on any atom is -0.424 e. The predicted molar refractivity (Wildman–Crippen MR) is 159 cm³/mol. The van der Waals surface area contributed by atoms with Crippen molar-refractivity contribution < 1.29 is 13.2 Å². The summed E-state index contributed by atoms with van der Waals surface area (Å²) in [6.45, 7) is 12.6. The van der Waals surface area contributed by atoms with Crippen molar-refractivity contribution in [3.63, 3.8) is 0 Å². The van der Waals surface area contributed by atoms with Crippen LogP contribution in [0.25, 0.3) is 10.8 Å². The number of benzene rings is 3. The normalized spacial score (nSPS) is 15.6. The molecule has 1 saturated heterocycles. The summed E-state index contributed by atoms with van der Waals surface area (Å²) in [7, 11) is -3.86. The van der Waals surface area contributed by atoms with E-state index < -0.39 is 16.1 Å². The van der Waals surface area contributed by atoms with Crippen LogP contribution in [0.1, 0.15) is 39.6 Å². The van der Waals surface area contributed by atoms with E-state index in [1.807, 2.05) is 37.3 Å². The Morgan fingerprint density at radius 3 is 2.45 bits per heavy atom.